The fraction of sp³-hybridized carbons (Fsp3) is 0.500. The molecule has 4 rings (SSSR count). The molecule has 0 unspecified atom stereocenters. The number of hydrogen-bond donors (Lipinski definition) is 2. The molecule has 1 aliphatic rings. The lowest BCUT2D eigenvalue weighted by molar-refractivity contribution is 0.0652. The van der Waals surface area contributed by atoms with Crippen molar-refractivity contribution < 1.29 is 19.7 Å². The average molecular weight is 506 g/mol. The minimum Gasteiger partial charge on any atom is -0.491 e. The number of hydrogen-bond acceptors (Lipinski definition) is 6. The number of rotatable bonds is 11. The van der Waals surface area contributed by atoms with Crippen LogP contribution in [-0.2, 0) is 11.8 Å². The second-order valence-electron chi connectivity index (χ2n) is 10.4. The van der Waals surface area contributed by atoms with Gasteiger partial charge < -0.3 is 19.8 Å². The second kappa shape index (κ2) is 11.9. The highest BCUT2D eigenvalue weighted by molar-refractivity contribution is 5.95. The van der Waals surface area contributed by atoms with E-state index in [1.807, 2.05) is 26.8 Å². The van der Waals surface area contributed by atoms with E-state index in [2.05, 4.69) is 41.4 Å². The molecule has 1 aromatic heterocycles. The summed E-state index contributed by atoms with van der Waals surface area (Å²) in [7, 11) is 0. The highest BCUT2D eigenvalue weighted by Crippen LogP contribution is 2.44. The molecule has 198 valence electrons. The molecule has 37 heavy (non-hydrogen) atoms. The van der Waals surface area contributed by atoms with Crippen LogP contribution in [0.15, 0.2) is 42.5 Å². The number of aromatic nitrogens is 2. The molecule has 3 aromatic rings. The van der Waals surface area contributed by atoms with Gasteiger partial charge in [0.25, 0.3) is 11.8 Å². The quantitative estimate of drug-likeness (QED) is 0.338. The lowest BCUT2D eigenvalue weighted by Gasteiger charge is -2.30. The molecule has 1 fully saturated rings. The van der Waals surface area contributed by atoms with Gasteiger partial charge in [0.15, 0.2) is 5.69 Å². The Morgan fingerprint density at radius 2 is 1.84 bits per heavy atom. The molecule has 7 heteroatoms. The molecule has 2 aromatic carbocycles. The van der Waals surface area contributed by atoms with Gasteiger partial charge in [-0.15, -0.1) is 0 Å². The molecule has 1 saturated carbocycles. The third-order valence-electron chi connectivity index (χ3n) is 7.48. The number of amides is 1. The first-order chi connectivity index (χ1) is 17.9. The molecule has 0 spiro atoms. The molecule has 0 atom stereocenters. The number of unbranched alkanes of at least 4 members (excludes halogenated alkanes) is 1. The molecular formula is C30H39N3O4. The standard InChI is InChI=1S/C30H39N3O4/c1-4-5-18-37-27-26(29(36)33(16-17-34)21(2)3)31-25(32-28(27)35)20-30(14-8-9-15-30)24-13-12-22-10-6-7-11-23(22)19-24/h6-7,10-13,19,21,34H,4-5,8-9,14-18,20H2,1-3H3,(H,31,32,35). The van der Waals surface area contributed by atoms with Gasteiger partial charge in [0.1, 0.15) is 5.82 Å². The average Bonchev–Trinajstić information content (AvgIpc) is 3.37. The maximum atomic E-state index is 13.6. The van der Waals surface area contributed by atoms with Gasteiger partial charge in [-0.3, -0.25) is 4.79 Å². The van der Waals surface area contributed by atoms with Gasteiger partial charge in [-0.05, 0) is 49.4 Å². The Kier molecular flexibility index (Phi) is 8.64. The van der Waals surface area contributed by atoms with Gasteiger partial charge in [0.2, 0.25) is 5.75 Å². The first kappa shape index (κ1) is 26.9. The van der Waals surface area contributed by atoms with Crippen LogP contribution in [0.4, 0.5) is 0 Å². The summed E-state index contributed by atoms with van der Waals surface area (Å²) < 4.78 is 5.84. The van der Waals surface area contributed by atoms with E-state index >= 15 is 0 Å². The van der Waals surface area contributed by atoms with Crippen molar-refractivity contribution in [1.29, 1.82) is 0 Å². The molecule has 0 bridgehead atoms. The minimum atomic E-state index is -0.374. The van der Waals surface area contributed by atoms with Crippen molar-refractivity contribution in [2.45, 2.75) is 77.2 Å². The van der Waals surface area contributed by atoms with Crippen LogP contribution in [0.3, 0.4) is 0 Å². The summed E-state index contributed by atoms with van der Waals surface area (Å²) in [4.78, 5) is 24.3. The summed E-state index contributed by atoms with van der Waals surface area (Å²) >= 11 is 0. The van der Waals surface area contributed by atoms with E-state index in [0.717, 1.165) is 38.5 Å². The van der Waals surface area contributed by atoms with Crippen LogP contribution in [0.5, 0.6) is 11.6 Å². The Morgan fingerprint density at radius 1 is 1.11 bits per heavy atom. The molecule has 2 N–H and O–H groups in total. The fourth-order valence-electron chi connectivity index (χ4n) is 5.44. The first-order valence-electron chi connectivity index (χ1n) is 13.5. The largest absolute Gasteiger partial charge is 0.491 e. The Hall–Kier alpha value is -3.19. The molecule has 1 heterocycles. The van der Waals surface area contributed by atoms with Crippen molar-refractivity contribution >= 4 is 16.7 Å². The highest BCUT2D eigenvalue weighted by Gasteiger charge is 2.38. The molecule has 0 radical (unpaired) electrons. The number of carbonyl (C=O) groups is 1. The number of aromatic hydroxyl groups is 1. The van der Waals surface area contributed by atoms with Crippen LogP contribution >= 0.6 is 0 Å². The fourth-order valence-corrected chi connectivity index (χ4v) is 5.44. The summed E-state index contributed by atoms with van der Waals surface area (Å²) in [6.07, 6.45) is 6.44. The summed E-state index contributed by atoms with van der Waals surface area (Å²) in [6.45, 7) is 6.19. The van der Waals surface area contributed by atoms with E-state index in [-0.39, 0.29) is 47.8 Å². The van der Waals surface area contributed by atoms with Crippen LogP contribution in [0.1, 0.15) is 81.2 Å². The van der Waals surface area contributed by atoms with Gasteiger partial charge in [0, 0.05) is 24.4 Å². The van der Waals surface area contributed by atoms with E-state index < -0.39 is 0 Å². The smallest absolute Gasteiger partial charge is 0.276 e. The maximum absolute atomic E-state index is 13.6. The summed E-state index contributed by atoms with van der Waals surface area (Å²) in [6, 6.07) is 14.8. The van der Waals surface area contributed by atoms with Gasteiger partial charge in [-0.2, -0.15) is 4.98 Å². The molecule has 7 nitrogen and oxygen atoms in total. The van der Waals surface area contributed by atoms with E-state index in [9.17, 15) is 15.0 Å². The molecular weight excluding hydrogens is 466 g/mol. The molecule has 0 saturated heterocycles. The number of nitrogens with zero attached hydrogens (tertiary/aromatic N) is 3. The van der Waals surface area contributed by atoms with Crippen molar-refractivity contribution in [2.24, 2.45) is 0 Å². The normalized spacial score (nSPS) is 14.8. The van der Waals surface area contributed by atoms with E-state index in [0.29, 0.717) is 18.9 Å². The Balaban J connectivity index is 1.74. The predicted molar refractivity (Wildman–Crippen MR) is 145 cm³/mol. The van der Waals surface area contributed by atoms with E-state index in [1.165, 1.54) is 16.3 Å². The van der Waals surface area contributed by atoms with Crippen molar-refractivity contribution in [2.75, 3.05) is 19.8 Å². The van der Waals surface area contributed by atoms with Crippen molar-refractivity contribution in [3.8, 4) is 11.6 Å². The van der Waals surface area contributed by atoms with Crippen LogP contribution in [-0.4, -0.2) is 56.8 Å². The Bertz CT molecular complexity index is 1220. The summed E-state index contributed by atoms with van der Waals surface area (Å²) in [5.41, 5.74) is 1.14. The number of aliphatic hydroxyl groups excluding tert-OH is 1. The zero-order valence-electron chi connectivity index (χ0n) is 22.2. The predicted octanol–water partition coefficient (Wildman–Crippen LogP) is 5.41. The van der Waals surface area contributed by atoms with E-state index in [4.69, 9.17) is 9.72 Å². The Morgan fingerprint density at radius 3 is 2.51 bits per heavy atom. The van der Waals surface area contributed by atoms with Crippen molar-refractivity contribution in [3.05, 3.63) is 59.5 Å². The van der Waals surface area contributed by atoms with Crippen LogP contribution in [0.25, 0.3) is 10.8 Å². The number of ether oxygens (including phenoxy) is 1. The van der Waals surface area contributed by atoms with Crippen LogP contribution in [0, 0.1) is 0 Å². The SMILES string of the molecule is CCCCOc1c(O)nc(CC2(c3ccc4ccccc4c3)CCCC2)nc1C(=O)N(CCO)C(C)C. The monoisotopic (exact) mass is 505 g/mol. The zero-order chi connectivity index (χ0) is 26.4. The highest BCUT2D eigenvalue weighted by atomic mass is 16.5. The van der Waals surface area contributed by atoms with Gasteiger partial charge in [-0.25, -0.2) is 4.98 Å². The number of aliphatic hydroxyl groups is 1. The second-order valence-corrected chi connectivity index (χ2v) is 10.4. The van der Waals surface area contributed by atoms with Crippen molar-refractivity contribution in [3.63, 3.8) is 0 Å². The van der Waals surface area contributed by atoms with Crippen molar-refractivity contribution in [1.82, 2.24) is 14.9 Å². The molecule has 0 aliphatic heterocycles. The van der Waals surface area contributed by atoms with Gasteiger partial charge in [-0.1, -0.05) is 68.7 Å². The number of carbonyl (C=O) groups excluding carboxylic acids is 1. The van der Waals surface area contributed by atoms with Gasteiger partial charge >= 0.3 is 0 Å². The minimum absolute atomic E-state index is 0.0250. The summed E-state index contributed by atoms with van der Waals surface area (Å²) in [5, 5.41) is 22.9. The topological polar surface area (TPSA) is 95.8 Å². The number of fused-ring (bicyclic) bond motifs is 1. The van der Waals surface area contributed by atoms with Crippen LogP contribution in [0.2, 0.25) is 0 Å². The van der Waals surface area contributed by atoms with E-state index in [1.54, 1.807) is 4.90 Å². The van der Waals surface area contributed by atoms with Crippen LogP contribution < -0.4 is 4.74 Å². The first-order valence-corrected chi connectivity index (χ1v) is 13.5. The zero-order valence-corrected chi connectivity index (χ0v) is 22.2. The molecule has 1 aliphatic carbocycles. The lowest BCUT2D eigenvalue weighted by Crippen LogP contribution is -2.40. The summed E-state index contributed by atoms with van der Waals surface area (Å²) in [5.74, 6) is -0.215. The third-order valence-corrected chi connectivity index (χ3v) is 7.48. The van der Waals surface area contributed by atoms with Gasteiger partial charge in [0.05, 0.1) is 13.2 Å². The maximum Gasteiger partial charge on any atom is 0.276 e. The Labute approximate surface area is 219 Å². The number of benzene rings is 2. The molecule has 1 amide bonds. The lowest BCUT2D eigenvalue weighted by atomic mass is 9.75. The third kappa shape index (κ3) is 5.87.